The molecule has 0 aliphatic carbocycles. The first-order valence-electron chi connectivity index (χ1n) is 5.34. The van der Waals surface area contributed by atoms with Gasteiger partial charge in [0.25, 0.3) is 5.91 Å². The number of carbonyl (C=O) groups is 1. The molecule has 4 N–H and O–H groups in total. The maximum absolute atomic E-state index is 11.7. The van der Waals surface area contributed by atoms with Crippen molar-refractivity contribution in [1.29, 1.82) is 0 Å². The molecule has 0 saturated heterocycles. The Kier molecular flexibility index (Phi) is 4.31. The SMILES string of the molecule is Cc1ccc(O)c(C(=O)NCCC(C)N)c1. The van der Waals surface area contributed by atoms with Gasteiger partial charge in [-0.2, -0.15) is 0 Å². The zero-order valence-corrected chi connectivity index (χ0v) is 9.66. The molecule has 0 saturated carbocycles. The van der Waals surface area contributed by atoms with E-state index < -0.39 is 0 Å². The van der Waals surface area contributed by atoms with Gasteiger partial charge in [0.15, 0.2) is 0 Å². The van der Waals surface area contributed by atoms with Crippen molar-refractivity contribution >= 4 is 5.91 Å². The van der Waals surface area contributed by atoms with Gasteiger partial charge in [-0.15, -0.1) is 0 Å². The van der Waals surface area contributed by atoms with Gasteiger partial charge in [-0.25, -0.2) is 0 Å². The first-order chi connectivity index (χ1) is 7.50. The van der Waals surface area contributed by atoms with Crippen LogP contribution in [-0.2, 0) is 0 Å². The summed E-state index contributed by atoms with van der Waals surface area (Å²) in [5.74, 6) is -0.259. The molecule has 1 aromatic rings. The highest BCUT2D eigenvalue weighted by Crippen LogP contribution is 2.17. The van der Waals surface area contributed by atoms with Crippen molar-refractivity contribution < 1.29 is 9.90 Å². The Labute approximate surface area is 95.5 Å². The minimum atomic E-state index is -0.262. The first kappa shape index (κ1) is 12.5. The third kappa shape index (κ3) is 3.55. The first-order valence-corrected chi connectivity index (χ1v) is 5.34. The number of rotatable bonds is 4. The number of benzene rings is 1. The van der Waals surface area contributed by atoms with Gasteiger partial charge < -0.3 is 16.2 Å². The standard InChI is InChI=1S/C12H18N2O2/c1-8-3-4-11(15)10(7-8)12(16)14-6-5-9(2)13/h3-4,7,9,15H,5-6,13H2,1-2H3,(H,14,16). The highest BCUT2D eigenvalue weighted by Gasteiger charge is 2.10. The van der Waals surface area contributed by atoms with E-state index in [0.717, 1.165) is 12.0 Å². The average molecular weight is 222 g/mol. The van der Waals surface area contributed by atoms with Crippen molar-refractivity contribution in [1.82, 2.24) is 5.32 Å². The lowest BCUT2D eigenvalue weighted by atomic mass is 10.1. The van der Waals surface area contributed by atoms with Crippen LogP contribution in [0.2, 0.25) is 0 Å². The number of phenols is 1. The Balaban J connectivity index is 2.62. The van der Waals surface area contributed by atoms with Crippen LogP contribution in [0.15, 0.2) is 18.2 Å². The molecule has 1 atom stereocenters. The van der Waals surface area contributed by atoms with Gasteiger partial charge in [0, 0.05) is 12.6 Å². The monoisotopic (exact) mass is 222 g/mol. The lowest BCUT2D eigenvalue weighted by molar-refractivity contribution is 0.0950. The Morgan fingerprint density at radius 1 is 1.56 bits per heavy atom. The van der Waals surface area contributed by atoms with Crippen molar-refractivity contribution in [3.8, 4) is 5.75 Å². The predicted molar refractivity (Wildman–Crippen MR) is 63.4 cm³/mol. The summed E-state index contributed by atoms with van der Waals surface area (Å²) in [5.41, 5.74) is 6.82. The number of amides is 1. The van der Waals surface area contributed by atoms with Gasteiger partial charge >= 0.3 is 0 Å². The molecule has 4 nitrogen and oxygen atoms in total. The number of aromatic hydroxyl groups is 1. The van der Waals surface area contributed by atoms with Gasteiger partial charge in [0.1, 0.15) is 5.75 Å². The Hall–Kier alpha value is -1.55. The van der Waals surface area contributed by atoms with Gasteiger partial charge in [0.05, 0.1) is 5.56 Å². The number of hydrogen-bond acceptors (Lipinski definition) is 3. The molecule has 0 aliphatic rings. The highest BCUT2D eigenvalue weighted by molar-refractivity contribution is 5.96. The summed E-state index contributed by atoms with van der Waals surface area (Å²) in [6.45, 7) is 4.28. The van der Waals surface area contributed by atoms with Crippen LogP contribution in [0.3, 0.4) is 0 Å². The van der Waals surface area contributed by atoms with E-state index in [4.69, 9.17) is 5.73 Å². The van der Waals surface area contributed by atoms with Crippen LogP contribution in [0, 0.1) is 6.92 Å². The molecular formula is C12H18N2O2. The molecule has 0 heterocycles. The maximum atomic E-state index is 11.7. The molecule has 0 radical (unpaired) electrons. The van der Waals surface area contributed by atoms with Crippen LogP contribution in [0.1, 0.15) is 29.3 Å². The van der Waals surface area contributed by atoms with Crippen LogP contribution in [0.5, 0.6) is 5.75 Å². The molecule has 0 fully saturated rings. The molecule has 16 heavy (non-hydrogen) atoms. The molecule has 0 bridgehead atoms. The van der Waals surface area contributed by atoms with Crippen molar-refractivity contribution in [3.63, 3.8) is 0 Å². The van der Waals surface area contributed by atoms with Gasteiger partial charge in [-0.1, -0.05) is 11.6 Å². The zero-order chi connectivity index (χ0) is 12.1. The van der Waals surface area contributed by atoms with E-state index in [1.54, 1.807) is 12.1 Å². The molecule has 4 heteroatoms. The van der Waals surface area contributed by atoms with E-state index in [-0.39, 0.29) is 17.7 Å². The smallest absolute Gasteiger partial charge is 0.255 e. The molecule has 88 valence electrons. The van der Waals surface area contributed by atoms with E-state index in [1.165, 1.54) is 6.07 Å². The molecule has 1 unspecified atom stereocenters. The van der Waals surface area contributed by atoms with E-state index in [2.05, 4.69) is 5.32 Å². The topological polar surface area (TPSA) is 75.3 Å². The Morgan fingerprint density at radius 3 is 2.88 bits per heavy atom. The van der Waals surface area contributed by atoms with E-state index >= 15 is 0 Å². The molecular weight excluding hydrogens is 204 g/mol. The minimum absolute atomic E-state index is 0.00361. The van der Waals surface area contributed by atoms with Gasteiger partial charge in [-0.3, -0.25) is 4.79 Å². The van der Waals surface area contributed by atoms with E-state index in [1.807, 2.05) is 13.8 Å². The highest BCUT2D eigenvalue weighted by atomic mass is 16.3. The fourth-order valence-electron chi connectivity index (χ4n) is 1.34. The van der Waals surface area contributed by atoms with Gasteiger partial charge in [-0.05, 0) is 32.4 Å². The summed E-state index contributed by atoms with van der Waals surface area (Å²) in [4.78, 5) is 11.7. The van der Waals surface area contributed by atoms with Crippen molar-refractivity contribution in [2.24, 2.45) is 5.73 Å². The summed E-state index contributed by atoms with van der Waals surface area (Å²) in [7, 11) is 0. The van der Waals surface area contributed by atoms with Crippen LogP contribution >= 0.6 is 0 Å². The summed E-state index contributed by atoms with van der Waals surface area (Å²) >= 11 is 0. The fraction of sp³-hybridized carbons (Fsp3) is 0.417. The lowest BCUT2D eigenvalue weighted by Gasteiger charge is -2.08. The van der Waals surface area contributed by atoms with E-state index in [0.29, 0.717) is 12.1 Å². The van der Waals surface area contributed by atoms with Crippen LogP contribution in [-0.4, -0.2) is 23.6 Å². The van der Waals surface area contributed by atoms with Crippen molar-refractivity contribution in [2.45, 2.75) is 26.3 Å². The number of hydrogen-bond donors (Lipinski definition) is 3. The van der Waals surface area contributed by atoms with Crippen LogP contribution < -0.4 is 11.1 Å². The molecule has 1 amide bonds. The van der Waals surface area contributed by atoms with Crippen LogP contribution in [0.4, 0.5) is 0 Å². The van der Waals surface area contributed by atoms with Crippen molar-refractivity contribution in [2.75, 3.05) is 6.54 Å². The average Bonchev–Trinajstić information content (AvgIpc) is 2.21. The summed E-state index contributed by atoms with van der Waals surface area (Å²) in [5, 5.41) is 12.2. The largest absolute Gasteiger partial charge is 0.507 e. The molecule has 1 rings (SSSR count). The molecule has 0 aromatic heterocycles. The molecule has 0 aliphatic heterocycles. The second-order valence-electron chi connectivity index (χ2n) is 4.04. The summed E-state index contributed by atoms with van der Waals surface area (Å²) < 4.78 is 0. The molecule has 0 spiro atoms. The number of phenolic OH excluding ortho intramolecular Hbond substituents is 1. The zero-order valence-electron chi connectivity index (χ0n) is 9.66. The predicted octanol–water partition coefficient (Wildman–Crippen LogP) is 1.17. The number of nitrogens with one attached hydrogen (secondary N) is 1. The van der Waals surface area contributed by atoms with Crippen molar-refractivity contribution in [3.05, 3.63) is 29.3 Å². The number of aryl methyl sites for hydroxylation is 1. The van der Waals surface area contributed by atoms with E-state index in [9.17, 15) is 9.90 Å². The Morgan fingerprint density at radius 2 is 2.25 bits per heavy atom. The summed E-state index contributed by atoms with van der Waals surface area (Å²) in [6.07, 6.45) is 0.721. The second kappa shape index (κ2) is 5.51. The third-order valence-electron chi connectivity index (χ3n) is 2.28. The fourth-order valence-corrected chi connectivity index (χ4v) is 1.34. The lowest BCUT2D eigenvalue weighted by Crippen LogP contribution is -2.29. The maximum Gasteiger partial charge on any atom is 0.255 e. The minimum Gasteiger partial charge on any atom is -0.507 e. The third-order valence-corrected chi connectivity index (χ3v) is 2.28. The van der Waals surface area contributed by atoms with Gasteiger partial charge in [0.2, 0.25) is 0 Å². The Bertz CT molecular complexity index is 375. The quantitative estimate of drug-likeness (QED) is 0.715. The number of carbonyl (C=O) groups excluding carboxylic acids is 1. The normalized spacial score (nSPS) is 12.2. The van der Waals surface area contributed by atoms with Crippen LogP contribution in [0.25, 0.3) is 0 Å². The second-order valence-corrected chi connectivity index (χ2v) is 4.04. The number of nitrogens with two attached hydrogens (primary N) is 1. The summed E-state index contributed by atoms with van der Waals surface area (Å²) in [6, 6.07) is 5.01. The molecule has 1 aromatic carbocycles.